The largest absolute Gasteiger partial charge is 0.497 e. The van der Waals surface area contributed by atoms with Gasteiger partial charge in [-0.3, -0.25) is 14.2 Å². The second-order valence-corrected chi connectivity index (χ2v) is 11.4. The third-order valence-corrected chi connectivity index (χ3v) is 8.57. The Labute approximate surface area is 222 Å². The number of benzene rings is 2. The van der Waals surface area contributed by atoms with Crippen LogP contribution in [-0.2, 0) is 17.8 Å². The molecule has 0 amide bonds. The van der Waals surface area contributed by atoms with Crippen molar-refractivity contribution in [2.24, 2.45) is 5.92 Å². The number of aromatic nitrogens is 2. The van der Waals surface area contributed by atoms with Gasteiger partial charge < -0.3 is 9.47 Å². The number of rotatable bonds is 7. The number of ether oxygens (including phenoxy) is 2. The van der Waals surface area contributed by atoms with Gasteiger partial charge in [0.05, 0.1) is 36.6 Å². The fraction of sp³-hybridized carbons (Fsp3) is 0.296. The first-order valence-electron chi connectivity index (χ1n) is 11.6. The van der Waals surface area contributed by atoms with Gasteiger partial charge in [-0.1, -0.05) is 37.2 Å². The normalized spacial score (nSPS) is 15.3. The van der Waals surface area contributed by atoms with E-state index >= 15 is 0 Å². The smallest absolute Gasteiger partial charge is 0.267 e. The Morgan fingerprint density at radius 2 is 1.94 bits per heavy atom. The molecule has 1 aliphatic heterocycles. The lowest BCUT2D eigenvalue weighted by molar-refractivity contribution is 0.00200. The highest BCUT2D eigenvalue weighted by molar-refractivity contribution is 7.99. The van der Waals surface area contributed by atoms with E-state index in [2.05, 4.69) is 13.8 Å². The van der Waals surface area contributed by atoms with E-state index in [1.54, 1.807) is 35.9 Å². The van der Waals surface area contributed by atoms with Crippen molar-refractivity contribution in [3.8, 4) is 11.4 Å². The SMILES string of the molecule is COc1ccc(-n2c(SCC(=O)c3ccc(Cl)cc3)nc3sc4c(c3c2=O)C[C@@H](C(C)C)OC4)cc1. The van der Waals surface area contributed by atoms with Crippen LogP contribution in [0.4, 0.5) is 0 Å². The molecule has 0 unspecified atom stereocenters. The van der Waals surface area contributed by atoms with Crippen molar-refractivity contribution in [3.63, 3.8) is 0 Å². The van der Waals surface area contributed by atoms with E-state index in [0.717, 1.165) is 10.4 Å². The first kappa shape index (κ1) is 25.0. The molecule has 0 fully saturated rings. The Balaban J connectivity index is 1.59. The zero-order chi connectivity index (χ0) is 25.4. The maximum absolute atomic E-state index is 14.0. The standard InChI is InChI=1S/C27H25ClN2O4S2/c1-15(2)22-12-20-23(13-34-22)36-25-24(20)26(32)30(18-8-10-19(33-3)11-9-18)27(29-25)35-14-21(31)16-4-6-17(28)7-5-16/h4-11,15,22H,12-14H2,1-3H3/t22-/m0/s1. The molecule has 4 aromatic rings. The van der Waals surface area contributed by atoms with Gasteiger partial charge in [-0.2, -0.15) is 0 Å². The molecular weight excluding hydrogens is 516 g/mol. The Bertz CT molecular complexity index is 1480. The molecule has 0 aliphatic carbocycles. The molecule has 186 valence electrons. The number of thioether (sulfide) groups is 1. The summed E-state index contributed by atoms with van der Waals surface area (Å²) >= 11 is 8.71. The number of Topliss-reactive ketones (excluding diaryl/α,β-unsaturated/α-hetero) is 1. The number of halogens is 1. The van der Waals surface area contributed by atoms with Crippen molar-refractivity contribution in [2.75, 3.05) is 12.9 Å². The van der Waals surface area contributed by atoms with Crippen molar-refractivity contribution in [3.05, 3.63) is 79.9 Å². The first-order valence-corrected chi connectivity index (χ1v) is 13.8. The summed E-state index contributed by atoms with van der Waals surface area (Å²) in [4.78, 5) is 33.5. The lowest BCUT2D eigenvalue weighted by Crippen LogP contribution is -2.28. The topological polar surface area (TPSA) is 70.4 Å². The van der Waals surface area contributed by atoms with Gasteiger partial charge in [0.25, 0.3) is 5.56 Å². The van der Waals surface area contributed by atoms with E-state index in [1.807, 2.05) is 24.3 Å². The molecular formula is C27H25ClN2O4S2. The summed E-state index contributed by atoms with van der Waals surface area (Å²) in [6.07, 6.45) is 0.754. The van der Waals surface area contributed by atoms with Crippen molar-refractivity contribution in [1.82, 2.24) is 9.55 Å². The molecule has 0 spiro atoms. The average molecular weight is 541 g/mol. The summed E-state index contributed by atoms with van der Waals surface area (Å²) in [5.41, 5.74) is 2.14. The molecule has 3 heterocycles. The number of carbonyl (C=O) groups excluding carboxylic acids is 1. The van der Waals surface area contributed by atoms with Crippen molar-refractivity contribution in [2.45, 2.75) is 38.1 Å². The van der Waals surface area contributed by atoms with Gasteiger partial charge in [0.2, 0.25) is 0 Å². The van der Waals surface area contributed by atoms with Crippen LogP contribution in [0.2, 0.25) is 5.02 Å². The highest BCUT2D eigenvalue weighted by atomic mass is 35.5. The Morgan fingerprint density at radius 3 is 2.61 bits per heavy atom. The maximum Gasteiger partial charge on any atom is 0.267 e. The van der Waals surface area contributed by atoms with E-state index < -0.39 is 0 Å². The molecule has 6 nitrogen and oxygen atoms in total. The number of fused-ring (bicyclic) bond motifs is 3. The molecule has 36 heavy (non-hydrogen) atoms. The van der Waals surface area contributed by atoms with Gasteiger partial charge in [0.15, 0.2) is 10.9 Å². The van der Waals surface area contributed by atoms with Gasteiger partial charge in [-0.05, 0) is 60.0 Å². The molecule has 9 heteroatoms. The van der Waals surface area contributed by atoms with Gasteiger partial charge >= 0.3 is 0 Å². The number of methoxy groups -OCH3 is 1. The lowest BCUT2D eigenvalue weighted by atomic mass is 9.96. The summed E-state index contributed by atoms with van der Waals surface area (Å²) in [5, 5.41) is 1.69. The van der Waals surface area contributed by atoms with Crippen LogP contribution in [-0.4, -0.2) is 34.3 Å². The maximum atomic E-state index is 14.0. The van der Waals surface area contributed by atoms with Crippen LogP contribution >= 0.6 is 34.7 Å². The minimum atomic E-state index is -0.131. The zero-order valence-electron chi connectivity index (χ0n) is 20.1. The zero-order valence-corrected chi connectivity index (χ0v) is 22.5. The van der Waals surface area contributed by atoms with Crippen LogP contribution in [0.25, 0.3) is 15.9 Å². The monoisotopic (exact) mass is 540 g/mol. The fourth-order valence-electron chi connectivity index (χ4n) is 4.24. The van der Waals surface area contributed by atoms with Crippen LogP contribution < -0.4 is 10.3 Å². The molecule has 2 aromatic heterocycles. The summed E-state index contributed by atoms with van der Waals surface area (Å²) in [5.74, 6) is 1.11. The van der Waals surface area contributed by atoms with Crippen molar-refractivity contribution >= 4 is 50.7 Å². The molecule has 0 saturated heterocycles. The van der Waals surface area contributed by atoms with Gasteiger partial charge in [-0.25, -0.2) is 4.98 Å². The molecule has 0 N–H and O–H groups in total. The highest BCUT2D eigenvalue weighted by Gasteiger charge is 2.29. The van der Waals surface area contributed by atoms with E-state index in [0.29, 0.717) is 56.3 Å². The molecule has 5 rings (SSSR count). The molecule has 0 radical (unpaired) electrons. The number of nitrogens with zero attached hydrogens (tertiary/aromatic N) is 2. The second kappa shape index (κ2) is 10.4. The third kappa shape index (κ3) is 4.83. The summed E-state index contributed by atoms with van der Waals surface area (Å²) in [6.45, 7) is 4.74. The molecule has 0 saturated carbocycles. The molecule has 1 aliphatic rings. The molecule has 0 bridgehead atoms. The Hall–Kier alpha value is -2.65. The van der Waals surface area contributed by atoms with Gasteiger partial charge in [-0.15, -0.1) is 11.3 Å². The van der Waals surface area contributed by atoms with E-state index in [9.17, 15) is 9.59 Å². The predicted octanol–water partition coefficient (Wildman–Crippen LogP) is 6.18. The number of carbonyl (C=O) groups is 1. The lowest BCUT2D eigenvalue weighted by Gasteiger charge is -2.26. The summed E-state index contributed by atoms with van der Waals surface area (Å²) in [7, 11) is 1.60. The summed E-state index contributed by atoms with van der Waals surface area (Å²) < 4.78 is 12.9. The summed E-state index contributed by atoms with van der Waals surface area (Å²) in [6, 6.07) is 14.1. The fourth-order valence-corrected chi connectivity index (χ4v) is 6.44. The Kier molecular flexibility index (Phi) is 7.21. The van der Waals surface area contributed by atoms with Crippen LogP contribution in [0.3, 0.4) is 0 Å². The minimum Gasteiger partial charge on any atom is -0.497 e. The van der Waals surface area contributed by atoms with E-state index in [4.69, 9.17) is 26.1 Å². The number of ketones is 1. The quantitative estimate of drug-likeness (QED) is 0.158. The van der Waals surface area contributed by atoms with E-state index in [-0.39, 0.29) is 23.2 Å². The predicted molar refractivity (Wildman–Crippen MR) is 145 cm³/mol. The van der Waals surface area contributed by atoms with Gasteiger partial charge in [0.1, 0.15) is 10.6 Å². The Morgan fingerprint density at radius 1 is 1.22 bits per heavy atom. The van der Waals surface area contributed by atoms with Crippen molar-refractivity contribution < 1.29 is 14.3 Å². The molecule has 1 atom stereocenters. The number of hydrogen-bond acceptors (Lipinski definition) is 7. The second-order valence-electron chi connectivity index (χ2n) is 8.93. The highest BCUT2D eigenvalue weighted by Crippen LogP contribution is 2.36. The van der Waals surface area contributed by atoms with Crippen LogP contribution in [0.15, 0.2) is 58.5 Å². The van der Waals surface area contributed by atoms with Crippen molar-refractivity contribution in [1.29, 1.82) is 0 Å². The average Bonchev–Trinajstić information content (AvgIpc) is 3.25. The number of thiophene rings is 1. The van der Waals surface area contributed by atoms with Crippen LogP contribution in [0.5, 0.6) is 5.75 Å². The first-order chi connectivity index (χ1) is 17.4. The van der Waals surface area contributed by atoms with E-state index in [1.165, 1.54) is 23.1 Å². The van der Waals surface area contributed by atoms with Gasteiger partial charge in [0, 0.05) is 21.9 Å². The number of hydrogen-bond donors (Lipinski definition) is 0. The molecule has 2 aromatic carbocycles. The van der Waals surface area contributed by atoms with Crippen LogP contribution in [0.1, 0.15) is 34.6 Å². The minimum absolute atomic E-state index is 0.0639. The third-order valence-electron chi connectivity index (χ3n) is 6.28. The van der Waals surface area contributed by atoms with Crippen LogP contribution in [0, 0.1) is 5.92 Å².